The fourth-order valence-electron chi connectivity index (χ4n) is 1.50. The van der Waals surface area contributed by atoms with Crippen LogP contribution in [0.5, 0.6) is 0 Å². The molecule has 0 bridgehead atoms. The number of pyridine rings is 1. The summed E-state index contributed by atoms with van der Waals surface area (Å²) in [4.78, 5) is 3.89. The molecule has 0 aliphatic rings. The summed E-state index contributed by atoms with van der Waals surface area (Å²) in [7, 11) is -2.15. The van der Waals surface area contributed by atoms with Crippen LogP contribution in [0.3, 0.4) is 0 Å². The third-order valence-corrected chi connectivity index (χ3v) is 4.43. The van der Waals surface area contributed by atoms with Crippen LogP contribution in [-0.4, -0.2) is 20.4 Å². The summed E-state index contributed by atoms with van der Waals surface area (Å²) in [5.41, 5.74) is 0.294. The van der Waals surface area contributed by atoms with Gasteiger partial charge < -0.3 is 5.32 Å². The largest absolute Gasteiger partial charge is 0.372 e. The lowest BCUT2D eigenvalue weighted by Gasteiger charge is -2.10. The quantitative estimate of drug-likeness (QED) is 0.902. The van der Waals surface area contributed by atoms with Gasteiger partial charge in [-0.25, -0.2) is 13.4 Å². The molecular formula is C12H11Cl2N3O2S. The average molecular weight is 332 g/mol. The number of hydrogen-bond acceptors (Lipinski definition) is 4. The van der Waals surface area contributed by atoms with E-state index in [9.17, 15) is 8.42 Å². The molecule has 5 nitrogen and oxygen atoms in total. The molecule has 0 amide bonds. The summed E-state index contributed by atoms with van der Waals surface area (Å²) in [6, 6.07) is 7.87. The Morgan fingerprint density at radius 3 is 2.45 bits per heavy atom. The molecular weight excluding hydrogens is 321 g/mol. The fraction of sp³-hybridized carbons (Fsp3) is 0.0833. The minimum Gasteiger partial charge on any atom is -0.372 e. The number of rotatable bonds is 4. The highest BCUT2D eigenvalue weighted by Crippen LogP contribution is 2.26. The van der Waals surface area contributed by atoms with E-state index in [-0.39, 0.29) is 9.92 Å². The minimum atomic E-state index is -3.79. The second-order valence-electron chi connectivity index (χ2n) is 3.84. The highest BCUT2D eigenvalue weighted by Gasteiger charge is 2.17. The maximum atomic E-state index is 12.2. The second kappa shape index (κ2) is 5.87. The molecule has 0 spiro atoms. The fourth-order valence-corrected chi connectivity index (χ4v) is 3.11. The maximum Gasteiger partial charge on any atom is 0.263 e. The summed E-state index contributed by atoms with van der Waals surface area (Å²) < 4.78 is 26.8. The molecule has 1 aromatic heterocycles. The van der Waals surface area contributed by atoms with E-state index < -0.39 is 10.0 Å². The Kier molecular flexibility index (Phi) is 4.37. The number of aromatic nitrogens is 1. The lowest BCUT2D eigenvalue weighted by molar-refractivity contribution is 0.601. The van der Waals surface area contributed by atoms with Crippen molar-refractivity contribution in [3.05, 3.63) is 46.6 Å². The summed E-state index contributed by atoms with van der Waals surface area (Å²) in [6.07, 6.45) is 1.22. The third-order valence-electron chi connectivity index (χ3n) is 2.48. The van der Waals surface area contributed by atoms with Crippen molar-refractivity contribution in [2.24, 2.45) is 0 Å². The number of hydrogen-bond donors (Lipinski definition) is 2. The van der Waals surface area contributed by atoms with Gasteiger partial charge in [-0.05, 0) is 18.2 Å². The zero-order valence-corrected chi connectivity index (χ0v) is 12.7. The first-order valence-corrected chi connectivity index (χ1v) is 7.78. The molecule has 2 N–H and O–H groups in total. The number of nitrogens with one attached hydrogen (secondary N) is 2. The van der Waals surface area contributed by atoms with E-state index in [2.05, 4.69) is 15.0 Å². The van der Waals surface area contributed by atoms with Crippen molar-refractivity contribution < 1.29 is 8.42 Å². The summed E-state index contributed by atoms with van der Waals surface area (Å²) >= 11 is 11.8. The molecule has 0 unspecified atom stereocenters. The van der Waals surface area contributed by atoms with Crippen molar-refractivity contribution >= 4 is 44.7 Å². The molecule has 0 saturated heterocycles. The SMILES string of the molecule is CNc1ncc(S(=O)(=O)Nc2ccccc2Cl)cc1Cl. The van der Waals surface area contributed by atoms with Crippen molar-refractivity contribution in [1.82, 2.24) is 4.98 Å². The van der Waals surface area contributed by atoms with E-state index in [1.165, 1.54) is 12.3 Å². The Hall–Kier alpha value is -1.50. The van der Waals surface area contributed by atoms with Crippen LogP contribution in [0, 0.1) is 0 Å². The molecule has 1 heterocycles. The van der Waals surface area contributed by atoms with Crippen molar-refractivity contribution in [3.8, 4) is 0 Å². The van der Waals surface area contributed by atoms with E-state index in [4.69, 9.17) is 23.2 Å². The van der Waals surface area contributed by atoms with Crippen molar-refractivity contribution in [1.29, 1.82) is 0 Å². The van der Waals surface area contributed by atoms with E-state index in [0.717, 1.165) is 0 Å². The lowest BCUT2D eigenvalue weighted by atomic mass is 10.3. The molecule has 0 aliphatic carbocycles. The molecule has 0 radical (unpaired) electrons. The molecule has 1 aromatic carbocycles. The smallest absolute Gasteiger partial charge is 0.263 e. The predicted octanol–water partition coefficient (Wildman–Crippen LogP) is 3.23. The van der Waals surface area contributed by atoms with E-state index in [1.807, 2.05) is 0 Å². The zero-order valence-electron chi connectivity index (χ0n) is 10.4. The Morgan fingerprint density at radius 1 is 1.15 bits per heavy atom. The molecule has 0 saturated carbocycles. The Bertz CT molecular complexity index is 735. The van der Waals surface area contributed by atoms with Crippen LogP contribution in [-0.2, 0) is 10.0 Å². The molecule has 20 heavy (non-hydrogen) atoms. The molecule has 0 aliphatic heterocycles. The normalized spacial score (nSPS) is 11.2. The van der Waals surface area contributed by atoms with Gasteiger partial charge in [-0.2, -0.15) is 0 Å². The highest BCUT2D eigenvalue weighted by atomic mass is 35.5. The van der Waals surface area contributed by atoms with Gasteiger partial charge in [0, 0.05) is 13.2 Å². The Labute approximate surface area is 127 Å². The number of anilines is 2. The van der Waals surface area contributed by atoms with Gasteiger partial charge in [-0.1, -0.05) is 35.3 Å². The average Bonchev–Trinajstić information content (AvgIpc) is 2.41. The van der Waals surface area contributed by atoms with Crippen LogP contribution in [0.2, 0.25) is 10.0 Å². The number of sulfonamides is 1. The van der Waals surface area contributed by atoms with Crippen molar-refractivity contribution in [3.63, 3.8) is 0 Å². The zero-order chi connectivity index (χ0) is 14.8. The predicted molar refractivity (Wildman–Crippen MR) is 81.1 cm³/mol. The maximum absolute atomic E-state index is 12.2. The number of nitrogens with zero attached hydrogens (tertiary/aromatic N) is 1. The van der Waals surface area contributed by atoms with Gasteiger partial charge >= 0.3 is 0 Å². The summed E-state index contributed by atoms with van der Waals surface area (Å²) in [6.45, 7) is 0. The molecule has 0 fully saturated rings. The second-order valence-corrected chi connectivity index (χ2v) is 6.33. The highest BCUT2D eigenvalue weighted by molar-refractivity contribution is 7.92. The Morgan fingerprint density at radius 2 is 1.85 bits per heavy atom. The first kappa shape index (κ1) is 14.9. The molecule has 2 rings (SSSR count). The number of para-hydroxylation sites is 1. The van der Waals surface area contributed by atoms with Gasteiger partial charge in [0.05, 0.1) is 15.7 Å². The van der Waals surface area contributed by atoms with Gasteiger partial charge in [0.2, 0.25) is 0 Å². The van der Waals surface area contributed by atoms with Crippen LogP contribution in [0.4, 0.5) is 11.5 Å². The third kappa shape index (κ3) is 3.15. The van der Waals surface area contributed by atoms with Gasteiger partial charge in [-0.15, -0.1) is 0 Å². The summed E-state index contributed by atoms with van der Waals surface area (Å²) in [5, 5.41) is 3.28. The van der Waals surface area contributed by atoms with Crippen LogP contribution in [0.1, 0.15) is 0 Å². The van der Waals surface area contributed by atoms with Crippen LogP contribution >= 0.6 is 23.2 Å². The summed E-state index contributed by atoms with van der Waals surface area (Å²) in [5.74, 6) is 0.406. The van der Waals surface area contributed by atoms with Crippen LogP contribution < -0.4 is 10.0 Å². The molecule has 106 valence electrons. The molecule has 0 atom stereocenters. The van der Waals surface area contributed by atoms with Gasteiger partial charge in [0.15, 0.2) is 0 Å². The van der Waals surface area contributed by atoms with Crippen LogP contribution in [0.25, 0.3) is 0 Å². The first-order valence-electron chi connectivity index (χ1n) is 5.54. The van der Waals surface area contributed by atoms with Gasteiger partial charge in [0.1, 0.15) is 10.7 Å². The topological polar surface area (TPSA) is 71.1 Å². The standard InChI is InChI=1S/C12H11Cl2N3O2S/c1-15-12-10(14)6-8(7-16-12)20(18,19)17-11-5-3-2-4-9(11)13/h2-7,17H,1H3,(H,15,16). The van der Waals surface area contributed by atoms with E-state index in [1.54, 1.807) is 31.3 Å². The van der Waals surface area contributed by atoms with Gasteiger partial charge in [0.25, 0.3) is 10.0 Å². The molecule has 8 heteroatoms. The monoisotopic (exact) mass is 331 g/mol. The van der Waals surface area contributed by atoms with Crippen molar-refractivity contribution in [2.75, 3.05) is 17.1 Å². The lowest BCUT2D eigenvalue weighted by Crippen LogP contribution is -2.13. The Balaban J connectivity index is 2.36. The first-order chi connectivity index (χ1) is 9.44. The van der Waals surface area contributed by atoms with E-state index >= 15 is 0 Å². The van der Waals surface area contributed by atoms with Crippen LogP contribution in [0.15, 0.2) is 41.4 Å². The van der Waals surface area contributed by atoms with E-state index in [0.29, 0.717) is 16.5 Å². The molecule has 2 aromatic rings. The minimum absolute atomic E-state index is 0.0404. The number of halogens is 2. The number of benzene rings is 1. The van der Waals surface area contributed by atoms with Crippen molar-refractivity contribution in [2.45, 2.75) is 4.90 Å². The van der Waals surface area contributed by atoms with Gasteiger partial charge in [-0.3, -0.25) is 4.72 Å².